The average molecular weight is 623 g/mol. The molecule has 0 unspecified atom stereocenters. The second kappa shape index (κ2) is 13.6. The number of nitrogens with zero attached hydrogens (tertiary/aromatic N) is 8. The molecular formula is C36H46N8O2. The molecule has 1 aromatic heterocycles. The Hall–Kier alpha value is -4.36. The van der Waals surface area contributed by atoms with E-state index in [0.29, 0.717) is 50.9 Å². The molecule has 0 bridgehead atoms. The van der Waals surface area contributed by atoms with E-state index in [0.717, 1.165) is 43.3 Å². The first kappa shape index (κ1) is 31.6. The lowest BCUT2D eigenvalue weighted by molar-refractivity contribution is -0.128. The van der Waals surface area contributed by atoms with Gasteiger partial charge in [-0.25, -0.2) is 0 Å². The molecule has 6 rings (SSSR count). The van der Waals surface area contributed by atoms with Crippen molar-refractivity contribution < 1.29 is 9.53 Å². The monoisotopic (exact) mass is 622 g/mol. The fraction of sp³-hybridized carbons (Fsp3) is 0.500. The van der Waals surface area contributed by atoms with Gasteiger partial charge < -0.3 is 24.3 Å². The van der Waals surface area contributed by atoms with E-state index < -0.39 is 0 Å². The summed E-state index contributed by atoms with van der Waals surface area (Å²) in [5, 5.41) is 12.1. The van der Waals surface area contributed by atoms with Crippen LogP contribution in [0.3, 0.4) is 0 Å². The van der Waals surface area contributed by atoms with Crippen LogP contribution in [0.4, 0.5) is 17.2 Å². The van der Waals surface area contributed by atoms with Crippen LogP contribution in [0.1, 0.15) is 44.4 Å². The molecule has 2 atom stereocenters. The smallest absolute Gasteiger partial charge is 0.318 e. The maximum atomic E-state index is 12.7. The highest BCUT2D eigenvalue weighted by molar-refractivity contribution is 5.97. The van der Waals surface area contributed by atoms with E-state index in [1.807, 2.05) is 0 Å². The number of nitriles is 1. The van der Waals surface area contributed by atoms with Crippen LogP contribution in [-0.4, -0.2) is 96.7 Å². The Labute approximate surface area is 272 Å². The molecule has 0 N–H and O–H groups in total. The highest BCUT2D eigenvalue weighted by atomic mass is 16.5. The summed E-state index contributed by atoms with van der Waals surface area (Å²) < 4.78 is 6.47. The minimum Gasteiger partial charge on any atom is -0.462 e. The zero-order valence-corrected chi connectivity index (χ0v) is 27.7. The van der Waals surface area contributed by atoms with Crippen molar-refractivity contribution in [3.63, 3.8) is 0 Å². The Bertz CT molecular complexity index is 1630. The van der Waals surface area contributed by atoms with Crippen LogP contribution in [0.15, 0.2) is 49.1 Å². The summed E-state index contributed by atoms with van der Waals surface area (Å²) in [7, 11) is 2.10. The molecule has 2 saturated heterocycles. The van der Waals surface area contributed by atoms with E-state index >= 15 is 0 Å². The standard InChI is InChI=1S/C36H46N8O2/c1-6-32(45)44-21-20-42(22-28(44)15-16-37)35-34-30(38-36(39-35)46-24-29-13-9-17-43(29)25(2)3)23-41(19-18-40(34)5)31-14-8-12-27-11-7-10-26(4)33(27)31/h6-8,10-12,14,25,28-29H,1,9,13,15,17-24H2,2-5H3/t28-,29-/m0/s1. The van der Waals surface area contributed by atoms with Crippen LogP contribution in [0.5, 0.6) is 6.01 Å². The molecule has 2 aromatic carbocycles. The highest BCUT2D eigenvalue weighted by Gasteiger charge is 2.35. The van der Waals surface area contributed by atoms with Gasteiger partial charge in [0.15, 0.2) is 5.82 Å². The maximum absolute atomic E-state index is 12.7. The molecule has 0 saturated carbocycles. The van der Waals surface area contributed by atoms with Gasteiger partial charge in [0.1, 0.15) is 12.3 Å². The van der Waals surface area contributed by atoms with Gasteiger partial charge in [0.25, 0.3) is 0 Å². The number of aromatic nitrogens is 2. The van der Waals surface area contributed by atoms with E-state index in [-0.39, 0.29) is 18.4 Å². The third kappa shape index (κ3) is 6.21. The molecule has 46 heavy (non-hydrogen) atoms. The van der Waals surface area contributed by atoms with Crippen LogP contribution < -0.4 is 19.4 Å². The number of hydrogen-bond acceptors (Lipinski definition) is 9. The average Bonchev–Trinajstić information content (AvgIpc) is 3.47. The van der Waals surface area contributed by atoms with Gasteiger partial charge in [-0.05, 0) is 63.2 Å². The number of likely N-dealkylation sites (N-methyl/N-ethyl adjacent to an activating group) is 1. The van der Waals surface area contributed by atoms with E-state index in [4.69, 9.17) is 14.7 Å². The summed E-state index contributed by atoms with van der Waals surface area (Å²) in [6, 6.07) is 16.2. The normalized spacial score (nSPS) is 20.5. The lowest BCUT2D eigenvalue weighted by atomic mass is 10.0. The van der Waals surface area contributed by atoms with Gasteiger partial charge in [-0.2, -0.15) is 15.2 Å². The van der Waals surface area contributed by atoms with Crippen molar-refractivity contribution in [1.82, 2.24) is 19.8 Å². The first-order valence-corrected chi connectivity index (χ1v) is 16.6. The number of piperazine rings is 1. The van der Waals surface area contributed by atoms with Crippen molar-refractivity contribution in [2.45, 2.75) is 64.7 Å². The number of likely N-dealkylation sites (tertiary alicyclic amines) is 1. The first-order valence-electron chi connectivity index (χ1n) is 16.6. The summed E-state index contributed by atoms with van der Waals surface area (Å²) >= 11 is 0. The second-order valence-electron chi connectivity index (χ2n) is 13.1. The second-order valence-corrected chi connectivity index (χ2v) is 13.1. The number of fused-ring (bicyclic) bond motifs is 2. The summed E-state index contributed by atoms with van der Waals surface area (Å²) in [5.41, 5.74) is 4.35. The number of anilines is 3. The topological polar surface area (TPSA) is 92.1 Å². The SMILES string of the molecule is C=CC(=O)N1CCN(c2nc(OC[C@@H]3CCCN3C(C)C)nc3c2N(C)CCN(c2cccc4cccc(C)c24)C3)C[C@@H]1CC#N. The van der Waals surface area contributed by atoms with Crippen LogP contribution in [0, 0.1) is 18.3 Å². The van der Waals surface area contributed by atoms with E-state index in [1.165, 1.54) is 34.5 Å². The highest BCUT2D eigenvalue weighted by Crippen LogP contribution is 2.38. The van der Waals surface area contributed by atoms with Gasteiger partial charge in [0.2, 0.25) is 5.91 Å². The van der Waals surface area contributed by atoms with E-state index in [2.05, 4.69) is 96.5 Å². The van der Waals surface area contributed by atoms with Crippen LogP contribution in [0.25, 0.3) is 10.8 Å². The third-order valence-electron chi connectivity index (χ3n) is 9.83. The quantitative estimate of drug-likeness (QED) is 0.330. The minimum absolute atomic E-state index is 0.144. The minimum atomic E-state index is -0.261. The van der Waals surface area contributed by atoms with Gasteiger partial charge in [0, 0.05) is 62.9 Å². The van der Waals surface area contributed by atoms with Gasteiger partial charge in [-0.15, -0.1) is 0 Å². The summed E-state index contributed by atoms with van der Waals surface area (Å²) in [6.45, 7) is 15.8. The molecule has 0 aliphatic carbocycles. The first-order chi connectivity index (χ1) is 22.3. The summed E-state index contributed by atoms with van der Waals surface area (Å²) in [5.74, 6) is 0.661. The summed E-state index contributed by atoms with van der Waals surface area (Å²) in [4.78, 5) is 34.0. The number of aryl methyl sites for hydroxylation is 1. The molecule has 242 valence electrons. The van der Waals surface area contributed by atoms with Crippen LogP contribution >= 0.6 is 0 Å². The molecule has 2 fully saturated rings. The van der Waals surface area contributed by atoms with Crippen molar-refractivity contribution in [3.05, 3.63) is 60.3 Å². The zero-order chi connectivity index (χ0) is 32.4. The van der Waals surface area contributed by atoms with Crippen molar-refractivity contribution >= 4 is 33.9 Å². The fourth-order valence-corrected chi connectivity index (χ4v) is 7.49. The van der Waals surface area contributed by atoms with Crippen molar-refractivity contribution in [2.24, 2.45) is 0 Å². The molecule has 10 nitrogen and oxygen atoms in total. The Morgan fingerprint density at radius 1 is 1.09 bits per heavy atom. The fourth-order valence-electron chi connectivity index (χ4n) is 7.49. The van der Waals surface area contributed by atoms with Crippen LogP contribution in [0.2, 0.25) is 0 Å². The number of amides is 1. The number of benzene rings is 2. The summed E-state index contributed by atoms with van der Waals surface area (Å²) in [6.07, 6.45) is 3.84. The van der Waals surface area contributed by atoms with Crippen molar-refractivity contribution in [1.29, 1.82) is 5.26 Å². The molecule has 10 heteroatoms. The lowest BCUT2D eigenvalue weighted by Crippen LogP contribution is -2.55. The van der Waals surface area contributed by atoms with Crippen molar-refractivity contribution in [2.75, 3.05) is 67.6 Å². The number of hydrogen-bond donors (Lipinski definition) is 0. The van der Waals surface area contributed by atoms with Crippen LogP contribution in [-0.2, 0) is 11.3 Å². The molecule has 1 amide bonds. The number of carbonyl (C=O) groups is 1. The Morgan fingerprint density at radius 3 is 2.63 bits per heavy atom. The molecule has 4 heterocycles. The largest absolute Gasteiger partial charge is 0.462 e. The van der Waals surface area contributed by atoms with Gasteiger partial charge >= 0.3 is 6.01 Å². The Morgan fingerprint density at radius 2 is 1.87 bits per heavy atom. The maximum Gasteiger partial charge on any atom is 0.318 e. The Balaban J connectivity index is 1.39. The molecule has 0 spiro atoms. The molecular weight excluding hydrogens is 576 g/mol. The van der Waals surface area contributed by atoms with Crippen molar-refractivity contribution in [3.8, 4) is 12.1 Å². The lowest BCUT2D eigenvalue weighted by Gasteiger charge is -2.41. The van der Waals surface area contributed by atoms with Gasteiger partial charge in [-0.3, -0.25) is 9.69 Å². The number of ether oxygens (including phenoxy) is 1. The Kier molecular flexibility index (Phi) is 9.32. The predicted octanol–water partition coefficient (Wildman–Crippen LogP) is 4.76. The van der Waals surface area contributed by atoms with Gasteiger partial charge in [0.05, 0.1) is 30.8 Å². The number of rotatable bonds is 8. The third-order valence-corrected chi connectivity index (χ3v) is 9.83. The molecule has 3 aliphatic heterocycles. The number of carbonyl (C=O) groups excluding carboxylic acids is 1. The predicted molar refractivity (Wildman–Crippen MR) is 184 cm³/mol. The molecule has 3 aromatic rings. The molecule has 3 aliphatic rings. The van der Waals surface area contributed by atoms with Gasteiger partial charge in [-0.1, -0.05) is 36.9 Å². The molecule has 0 radical (unpaired) electrons. The van der Waals surface area contributed by atoms with E-state index in [1.54, 1.807) is 4.90 Å². The zero-order valence-electron chi connectivity index (χ0n) is 27.7. The van der Waals surface area contributed by atoms with E-state index in [9.17, 15) is 10.1 Å².